The number of nitrogens with zero attached hydrogens (tertiary/aromatic N) is 4. The lowest BCUT2D eigenvalue weighted by atomic mass is 9.96. The summed E-state index contributed by atoms with van der Waals surface area (Å²) in [6.07, 6.45) is 2.19. The molecule has 2 saturated heterocycles. The predicted octanol–water partition coefficient (Wildman–Crippen LogP) is 5.86. The van der Waals surface area contributed by atoms with Crippen LogP contribution in [0.2, 0.25) is 0 Å². The number of carbonyl (C=O) groups is 1. The predicted molar refractivity (Wildman–Crippen MR) is 178 cm³/mol. The van der Waals surface area contributed by atoms with Crippen LogP contribution in [0.4, 0.5) is 17.1 Å². The molecular formula is C34H38N6O3S. The molecule has 1 amide bonds. The van der Waals surface area contributed by atoms with Crippen molar-refractivity contribution in [3.63, 3.8) is 0 Å². The summed E-state index contributed by atoms with van der Waals surface area (Å²) < 4.78 is 13.5. The Morgan fingerprint density at radius 3 is 2.45 bits per heavy atom. The smallest absolute Gasteiger partial charge is 0.224 e. The van der Waals surface area contributed by atoms with Gasteiger partial charge in [-0.2, -0.15) is 0 Å². The lowest BCUT2D eigenvalue weighted by Gasteiger charge is -2.29. The summed E-state index contributed by atoms with van der Waals surface area (Å²) in [6.45, 7) is 9.45. The molecule has 6 rings (SSSR count). The van der Waals surface area contributed by atoms with E-state index in [1.165, 1.54) is 5.69 Å². The van der Waals surface area contributed by atoms with Gasteiger partial charge in [0.1, 0.15) is 5.75 Å². The van der Waals surface area contributed by atoms with E-state index in [0.29, 0.717) is 23.0 Å². The highest BCUT2D eigenvalue weighted by Gasteiger charge is 2.42. The molecule has 2 aromatic carbocycles. The van der Waals surface area contributed by atoms with Crippen molar-refractivity contribution < 1.29 is 14.3 Å². The van der Waals surface area contributed by atoms with Crippen molar-refractivity contribution in [1.29, 1.82) is 0 Å². The van der Waals surface area contributed by atoms with E-state index in [-0.39, 0.29) is 18.0 Å². The number of rotatable bonds is 8. The fourth-order valence-electron chi connectivity index (χ4n) is 6.24. The number of morpholine rings is 1. The Labute approximate surface area is 263 Å². The molecule has 2 fully saturated rings. The second kappa shape index (κ2) is 12.7. The maximum Gasteiger partial charge on any atom is 0.224 e. The number of aromatic nitrogens is 2. The summed E-state index contributed by atoms with van der Waals surface area (Å²) in [6, 6.07) is 22.4. The molecule has 10 heteroatoms. The number of hydrogen-bond acceptors (Lipinski definition) is 6. The van der Waals surface area contributed by atoms with Crippen LogP contribution in [-0.4, -0.2) is 54.0 Å². The van der Waals surface area contributed by atoms with Gasteiger partial charge in [0.15, 0.2) is 5.11 Å². The standard InChI is InChI=1S/C34H38N6O3S/c1-5-31(41)36-28-14-13-26(21-30(28)42-4)40-33(32(37-34(40)44)29-8-6-7-15-35-29)27-20-22(2)39(23(27)3)25-11-9-24(10-12-25)38-16-18-43-19-17-38/h6-15,20-21,32-33H,5,16-19H2,1-4H3,(H,36,41)(H,37,44)/t32-,33+/m0/s1. The first-order valence-corrected chi connectivity index (χ1v) is 15.4. The summed E-state index contributed by atoms with van der Waals surface area (Å²) in [5.74, 6) is 0.492. The van der Waals surface area contributed by atoms with Gasteiger partial charge in [0, 0.05) is 60.2 Å². The Kier molecular flexibility index (Phi) is 8.54. The van der Waals surface area contributed by atoms with Gasteiger partial charge in [-0.05, 0) is 86.2 Å². The van der Waals surface area contributed by atoms with E-state index >= 15 is 0 Å². The van der Waals surface area contributed by atoms with Crippen LogP contribution in [0, 0.1) is 13.8 Å². The van der Waals surface area contributed by atoms with Crippen LogP contribution in [0.15, 0.2) is 72.9 Å². The van der Waals surface area contributed by atoms with Crippen molar-refractivity contribution in [2.45, 2.75) is 39.3 Å². The Hall–Kier alpha value is -4.41. The minimum atomic E-state index is -0.189. The first kappa shape index (κ1) is 29.7. The molecule has 0 unspecified atom stereocenters. The van der Waals surface area contributed by atoms with Gasteiger partial charge in [0.05, 0.1) is 43.8 Å². The maximum absolute atomic E-state index is 12.1. The summed E-state index contributed by atoms with van der Waals surface area (Å²) in [7, 11) is 1.60. The average molecular weight is 611 g/mol. The van der Waals surface area contributed by atoms with E-state index in [4.69, 9.17) is 26.7 Å². The van der Waals surface area contributed by atoms with Crippen LogP contribution >= 0.6 is 12.2 Å². The number of pyridine rings is 1. The zero-order chi connectivity index (χ0) is 30.8. The lowest BCUT2D eigenvalue weighted by molar-refractivity contribution is -0.115. The minimum Gasteiger partial charge on any atom is -0.494 e. The third-order valence-corrected chi connectivity index (χ3v) is 8.74. The fourth-order valence-corrected chi connectivity index (χ4v) is 6.58. The topological polar surface area (TPSA) is 83.9 Å². The summed E-state index contributed by atoms with van der Waals surface area (Å²) >= 11 is 5.99. The Bertz CT molecular complexity index is 1650. The van der Waals surface area contributed by atoms with Crippen LogP contribution in [-0.2, 0) is 9.53 Å². The highest BCUT2D eigenvalue weighted by Crippen LogP contribution is 2.45. The van der Waals surface area contributed by atoms with Crippen LogP contribution < -0.4 is 25.2 Å². The third-order valence-electron chi connectivity index (χ3n) is 8.43. The molecular weight excluding hydrogens is 572 g/mol. The SMILES string of the molecule is CCC(=O)Nc1ccc(N2C(=S)N[C@@H](c3ccccn3)[C@H]2c2cc(C)n(-c3ccc(N4CCOCC4)cc3)c2C)cc1OC. The summed E-state index contributed by atoms with van der Waals surface area (Å²) in [5.41, 5.74) is 8.10. The number of benzene rings is 2. The molecule has 0 aliphatic carbocycles. The zero-order valence-electron chi connectivity index (χ0n) is 25.5. The average Bonchev–Trinajstić information content (AvgIpc) is 3.56. The first-order chi connectivity index (χ1) is 21.4. The molecule has 0 spiro atoms. The monoisotopic (exact) mass is 610 g/mol. The lowest BCUT2D eigenvalue weighted by Crippen LogP contribution is -2.36. The number of ether oxygens (including phenoxy) is 2. The van der Waals surface area contributed by atoms with Crippen LogP contribution in [0.1, 0.15) is 48.1 Å². The van der Waals surface area contributed by atoms with E-state index in [1.807, 2.05) is 49.5 Å². The molecule has 44 heavy (non-hydrogen) atoms. The van der Waals surface area contributed by atoms with Gasteiger partial charge < -0.3 is 34.5 Å². The molecule has 4 heterocycles. The van der Waals surface area contributed by atoms with Crippen LogP contribution in [0.25, 0.3) is 5.69 Å². The second-order valence-electron chi connectivity index (χ2n) is 11.1. The van der Waals surface area contributed by atoms with Crippen molar-refractivity contribution in [2.75, 3.05) is 48.5 Å². The van der Waals surface area contributed by atoms with E-state index in [9.17, 15) is 4.79 Å². The van der Waals surface area contributed by atoms with Crippen molar-refractivity contribution in [2.24, 2.45) is 0 Å². The number of nitrogens with one attached hydrogen (secondary N) is 2. The molecule has 2 aliphatic rings. The van der Waals surface area contributed by atoms with E-state index in [0.717, 1.165) is 60.3 Å². The molecule has 228 valence electrons. The van der Waals surface area contributed by atoms with E-state index in [2.05, 4.69) is 69.2 Å². The molecule has 2 atom stereocenters. The van der Waals surface area contributed by atoms with Crippen LogP contribution in [0.5, 0.6) is 5.75 Å². The highest BCUT2D eigenvalue weighted by molar-refractivity contribution is 7.80. The Morgan fingerprint density at radius 2 is 1.77 bits per heavy atom. The quantitative estimate of drug-likeness (QED) is 0.240. The van der Waals surface area contributed by atoms with Crippen molar-refractivity contribution in [3.8, 4) is 11.4 Å². The third kappa shape index (κ3) is 5.62. The van der Waals surface area contributed by atoms with E-state index in [1.54, 1.807) is 7.11 Å². The number of thiocarbonyl (C=S) groups is 1. The molecule has 4 aromatic rings. The largest absolute Gasteiger partial charge is 0.494 e. The van der Waals surface area contributed by atoms with Gasteiger partial charge >= 0.3 is 0 Å². The number of methoxy groups -OCH3 is 1. The number of carbonyl (C=O) groups excluding carboxylic acids is 1. The summed E-state index contributed by atoms with van der Waals surface area (Å²) in [5, 5.41) is 7.08. The Morgan fingerprint density at radius 1 is 1.05 bits per heavy atom. The van der Waals surface area contributed by atoms with Gasteiger partial charge in [-0.3, -0.25) is 9.78 Å². The highest BCUT2D eigenvalue weighted by atomic mass is 32.1. The minimum absolute atomic E-state index is 0.0760. The van der Waals surface area contributed by atoms with Gasteiger partial charge in [-0.1, -0.05) is 13.0 Å². The van der Waals surface area contributed by atoms with Gasteiger partial charge in [-0.25, -0.2) is 0 Å². The van der Waals surface area contributed by atoms with Gasteiger partial charge in [0.2, 0.25) is 5.91 Å². The molecule has 2 aromatic heterocycles. The number of amides is 1. The first-order valence-electron chi connectivity index (χ1n) is 15.0. The van der Waals surface area contributed by atoms with Gasteiger partial charge in [-0.15, -0.1) is 0 Å². The van der Waals surface area contributed by atoms with Crippen molar-refractivity contribution in [3.05, 3.63) is 95.6 Å². The Balaban J connectivity index is 1.41. The summed E-state index contributed by atoms with van der Waals surface area (Å²) in [4.78, 5) is 21.4. The normalized spacial score (nSPS) is 18.3. The maximum atomic E-state index is 12.1. The molecule has 9 nitrogen and oxygen atoms in total. The number of hydrogen-bond donors (Lipinski definition) is 2. The zero-order valence-corrected chi connectivity index (χ0v) is 26.4. The number of anilines is 3. The van der Waals surface area contributed by atoms with E-state index < -0.39 is 0 Å². The molecule has 0 radical (unpaired) electrons. The second-order valence-corrected chi connectivity index (χ2v) is 11.4. The van der Waals surface area contributed by atoms with Gasteiger partial charge in [0.25, 0.3) is 0 Å². The fraction of sp³-hybridized carbons (Fsp3) is 0.324. The van der Waals surface area contributed by atoms with Crippen LogP contribution in [0.3, 0.4) is 0 Å². The molecule has 2 aliphatic heterocycles. The van der Waals surface area contributed by atoms with Crippen molar-refractivity contribution in [1.82, 2.24) is 14.9 Å². The molecule has 0 bridgehead atoms. The number of aryl methyl sites for hydroxylation is 1. The molecule has 0 saturated carbocycles. The molecule has 2 N–H and O–H groups in total. The van der Waals surface area contributed by atoms with Crippen molar-refractivity contribution >= 4 is 40.3 Å².